The molecule has 15 nitrogen and oxygen atoms in total. The summed E-state index contributed by atoms with van der Waals surface area (Å²) in [6.45, 7) is 1.04. The molecule has 0 unspecified atom stereocenters. The van der Waals surface area contributed by atoms with Crippen molar-refractivity contribution < 1.29 is 28.5 Å². The van der Waals surface area contributed by atoms with Gasteiger partial charge in [0.15, 0.2) is 18.2 Å². The van der Waals surface area contributed by atoms with E-state index in [1.54, 1.807) is 23.9 Å². The van der Waals surface area contributed by atoms with Crippen LogP contribution in [0.1, 0.15) is 24.8 Å². The van der Waals surface area contributed by atoms with Crippen molar-refractivity contribution in [1.82, 2.24) is 29.8 Å². The predicted molar refractivity (Wildman–Crippen MR) is 164 cm³/mol. The SMILES string of the molecule is COc1ccc(CN2C(=O)COc3cnc(N4C(=O)O[C@@H]5C[C@H](NCCn6c(=O)ccc7cnc(OC)nc76)CC[C@H]54)nc32)cc1. The third-order valence-corrected chi connectivity index (χ3v) is 8.54. The number of ether oxygens (including phenoxy) is 4. The molecule has 46 heavy (non-hydrogen) atoms. The van der Waals surface area contributed by atoms with E-state index in [0.717, 1.165) is 17.4 Å². The lowest BCUT2D eigenvalue weighted by Crippen LogP contribution is -2.47. The highest BCUT2D eigenvalue weighted by Crippen LogP contribution is 2.37. The van der Waals surface area contributed by atoms with Crippen LogP contribution in [-0.2, 0) is 22.6 Å². The van der Waals surface area contributed by atoms with E-state index in [-0.39, 0.29) is 54.8 Å². The largest absolute Gasteiger partial charge is 0.497 e. The van der Waals surface area contributed by atoms with Gasteiger partial charge in [-0.2, -0.15) is 9.97 Å². The van der Waals surface area contributed by atoms with Crippen LogP contribution >= 0.6 is 0 Å². The molecule has 2 aliphatic heterocycles. The second kappa shape index (κ2) is 12.2. The highest BCUT2D eigenvalue weighted by atomic mass is 16.6. The van der Waals surface area contributed by atoms with Crippen LogP contribution in [0.3, 0.4) is 0 Å². The van der Waals surface area contributed by atoms with Crippen molar-refractivity contribution in [3.8, 4) is 17.5 Å². The first-order chi connectivity index (χ1) is 22.4. The summed E-state index contributed by atoms with van der Waals surface area (Å²) < 4.78 is 23.4. The zero-order chi connectivity index (χ0) is 31.8. The fraction of sp³-hybridized carbons (Fsp3) is 0.387. The quantitative estimate of drug-likeness (QED) is 0.288. The number of carbonyl (C=O) groups excluding carboxylic acids is 2. The second-order valence-corrected chi connectivity index (χ2v) is 11.3. The Morgan fingerprint density at radius 1 is 0.978 bits per heavy atom. The van der Waals surface area contributed by atoms with E-state index in [1.807, 2.05) is 24.3 Å². The molecule has 2 fully saturated rings. The molecule has 15 heteroatoms. The number of benzene rings is 1. The van der Waals surface area contributed by atoms with E-state index in [4.69, 9.17) is 18.9 Å². The molecule has 7 rings (SSSR count). The average Bonchev–Trinajstić information content (AvgIpc) is 3.41. The molecule has 1 saturated heterocycles. The van der Waals surface area contributed by atoms with Crippen molar-refractivity contribution in [3.05, 3.63) is 64.7 Å². The smallest absolute Gasteiger partial charge is 0.417 e. The van der Waals surface area contributed by atoms with E-state index in [0.29, 0.717) is 48.9 Å². The molecule has 238 valence electrons. The lowest BCUT2D eigenvalue weighted by atomic mass is 9.88. The van der Waals surface area contributed by atoms with Crippen molar-refractivity contribution in [3.63, 3.8) is 0 Å². The van der Waals surface area contributed by atoms with Crippen LogP contribution in [0.15, 0.2) is 53.6 Å². The number of hydrogen-bond acceptors (Lipinski definition) is 12. The van der Waals surface area contributed by atoms with Crippen LogP contribution in [-0.4, -0.2) is 82.1 Å². The monoisotopic (exact) mass is 628 g/mol. The second-order valence-electron chi connectivity index (χ2n) is 11.3. The fourth-order valence-corrected chi connectivity index (χ4v) is 6.20. The van der Waals surface area contributed by atoms with Crippen LogP contribution in [0.2, 0.25) is 0 Å². The molecule has 4 aromatic rings. The van der Waals surface area contributed by atoms with E-state index in [1.165, 1.54) is 29.2 Å². The number of anilines is 2. The van der Waals surface area contributed by atoms with Crippen LogP contribution in [0, 0.1) is 0 Å². The summed E-state index contributed by atoms with van der Waals surface area (Å²) in [5, 5.41) is 4.25. The molecule has 0 bridgehead atoms. The Kier molecular flexibility index (Phi) is 7.82. The number of hydrogen-bond donors (Lipinski definition) is 1. The maximum atomic E-state index is 13.1. The number of nitrogens with one attached hydrogen (secondary N) is 1. The molecule has 3 aromatic heterocycles. The lowest BCUT2D eigenvalue weighted by Gasteiger charge is -2.33. The van der Waals surface area contributed by atoms with Gasteiger partial charge in [0.05, 0.1) is 33.0 Å². The van der Waals surface area contributed by atoms with Gasteiger partial charge in [0.2, 0.25) is 5.95 Å². The summed E-state index contributed by atoms with van der Waals surface area (Å²) in [5.74, 6) is 1.29. The van der Waals surface area contributed by atoms with E-state index in [9.17, 15) is 14.4 Å². The van der Waals surface area contributed by atoms with Crippen LogP contribution < -0.4 is 34.9 Å². The molecule has 3 aliphatic rings. The third-order valence-electron chi connectivity index (χ3n) is 8.54. The number of amides is 2. The molecule has 3 atom stereocenters. The molecule has 0 radical (unpaired) electrons. The van der Waals surface area contributed by atoms with Gasteiger partial charge in [0.1, 0.15) is 17.5 Å². The van der Waals surface area contributed by atoms with Gasteiger partial charge in [-0.3, -0.25) is 19.1 Å². The zero-order valence-electron chi connectivity index (χ0n) is 25.3. The minimum absolute atomic E-state index is 0.0688. The summed E-state index contributed by atoms with van der Waals surface area (Å²) >= 11 is 0. The summed E-state index contributed by atoms with van der Waals surface area (Å²) in [7, 11) is 3.07. The van der Waals surface area contributed by atoms with Gasteiger partial charge in [-0.25, -0.2) is 19.7 Å². The standard InChI is InChI=1S/C31H32N8O7/c1-43-21-7-3-18(4-8-21)16-38-26(41)17-45-24-15-33-29(35-28(24)38)39-22-9-6-20(13-23(22)46-31(39)42)32-11-12-37-25(40)10-5-19-14-34-30(44-2)36-27(19)37/h3-5,7-8,10,14-15,20,22-23,32H,6,9,11-13,16-17H2,1-2H3/t20-,22-,23-/m1/s1. The van der Waals surface area contributed by atoms with Crippen molar-refractivity contribution in [2.75, 3.05) is 37.2 Å². The molecule has 1 aliphatic carbocycles. The summed E-state index contributed by atoms with van der Waals surface area (Å²) in [6, 6.07) is 10.6. The van der Waals surface area contributed by atoms with Gasteiger partial charge in [-0.15, -0.1) is 0 Å². The van der Waals surface area contributed by atoms with E-state index in [2.05, 4.69) is 25.3 Å². The zero-order valence-corrected chi connectivity index (χ0v) is 25.3. The van der Waals surface area contributed by atoms with Crippen LogP contribution in [0.5, 0.6) is 17.5 Å². The van der Waals surface area contributed by atoms with Gasteiger partial charge in [-0.05, 0) is 36.6 Å². The normalized spacial score (nSPS) is 20.6. The lowest BCUT2D eigenvalue weighted by molar-refractivity contribution is -0.121. The highest BCUT2D eigenvalue weighted by molar-refractivity contribution is 5.97. The predicted octanol–water partition coefficient (Wildman–Crippen LogP) is 2.06. The van der Waals surface area contributed by atoms with Crippen molar-refractivity contribution >= 4 is 34.8 Å². The summed E-state index contributed by atoms with van der Waals surface area (Å²) in [5.41, 5.74) is 1.22. The van der Waals surface area contributed by atoms with E-state index >= 15 is 0 Å². The van der Waals surface area contributed by atoms with Crippen LogP contribution in [0.4, 0.5) is 16.6 Å². The van der Waals surface area contributed by atoms with Gasteiger partial charge >= 0.3 is 12.1 Å². The maximum absolute atomic E-state index is 13.1. The first-order valence-electron chi connectivity index (χ1n) is 15.0. The Labute approximate surface area is 263 Å². The minimum Gasteiger partial charge on any atom is -0.497 e. The molecular weight excluding hydrogens is 596 g/mol. The summed E-state index contributed by atoms with van der Waals surface area (Å²) in [6.07, 6.45) is 4.23. The first-order valence-corrected chi connectivity index (χ1v) is 15.0. The minimum atomic E-state index is -0.531. The summed E-state index contributed by atoms with van der Waals surface area (Å²) in [4.78, 5) is 59.3. The fourth-order valence-electron chi connectivity index (χ4n) is 6.20. The third kappa shape index (κ3) is 5.53. The Hall–Kier alpha value is -5.31. The number of pyridine rings is 1. The molecule has 1 saturated carbocycles. The van der Waals surface area contributed by atoms with Gasteiger partial charge in [-0.1, -0.05) is 12.1 Å². The Balaban J connectivity index is 1.03. The Morgan fingerprint density at radius 3 is 2.63 bits per heavy atom. The molecule has 0 spiro atoms. The molecule has 2 amide bonds. The number of carbonyl (C=O) groups is 2. The van der Waals surface area contributed by atoms with E-state index < -0.39 is 6.09 Å². The molecule has 5 heterocycles. The first kappa shape index (κ1) is 29.4. The van der Waals surface area contributed by atoms with Gasteiger partial charge in [0.25, 0.3) is 11.5 Å². The van der Waals surface area contributed by atoms with Gasteiger partial charge < -0.3 is 24.3 Å². The molecule has 1 N–H and O–H groups in total. The highest BCUT2D eigenvalue weighted by Gasteiger charge is 2.47. The van der Waals surface area contributed by atoms with Crippen molar-refractivity contribution in [1.29, 1.82) is 0 Å². The number of aromatic nitrogens is 5. The van der Waals surface area contributed by atoms with Gasteiger partial charge in [0, 0.05) is 43.2 Å². The van der Waals surface area contributed by atoms with Crippen LogP contribution in [0.25, 0.3) is 11.0 Å². The number of nitrogens with zero attached hydrogens (tertiary/aromatic N) is 7. The number of methoxy groups -OCH3 is 2. The molecule has 1 aromatic carbocycles. The van der Waals surface area contributed by atoms with Crippen molar-refractivity contribution in [2.24, 2.45) is 0 Å². The number of rotatable bonds is 9. The maximum Gasteiger partial charge on any atom is 0.417 e. The average molecular weight is 629 g/mol. The molecular formula is C31H32N8O7. The number of fused-ring (bicyclic) bond motifs is 3. The van der Waals surface area contributed by atoms with Crippen molar-refractivity contribution in [2.45, 2.75) is 50.5 Å². The Bertz CT molecular complexity index is 1850. The Morgan fingerprint density at radius 2 is 1.83 bits per heavy atom. The topological polar surface area (TPSA) is 163 Å².